The molecule has 9 rings (SSSR count). The third-order valence-electron chi connectivity index (χ3n) is 14.3. The average molecular weight is 834 g/mol. The Morgan fingerprint density at radius 3 is 1.67 bits per heavy atom. The fourth-order valence-corrected chi connectivity index (χ4v) is 10.9. The topological polar surface area (TPSA) is 113 Å². The first-order valence-electron chi connectivity index (χ1n) is 21.7. The molecule has 0 radical (unpaired) electrons. The Hall–Kier alpha value is -3.09. The van der Waals surface area contributed by atoms with Gasteiger partial charge in [0.1, 0.15) is 6.61 Å². The molecule has 0 unspecified atom stereocenters. The van der Waals surface area contributed by atoms with Crippen molar-refractivity contribution in [3.05, 3.63) is 93.5 Å². The Balaban J connectivity index is 0.000000172. The smallest absolute Gasteiger partial charge is 0.410 e. The number of aliphatic hydroxyl groups excluding tert-OH is 2. The highest BCUT2D eigenvalue weighted by molar-refractivity contribution is 6.31. The van der Waals surface area contributed by atoms with Crippen molar-refractivity contribution in [2.45, 2.75) is 81.0 Å². The van der Waals surface area contributed by atoms with Gasteiger partial charge in [-0.2, -0.15) is 0 Å². The highest BCUT2D eigenvalue weighted by atomic mass is 35.5. The molecule has 12 heteroatoms. The van der Waals surface area contributed by atoms with E-state index in [1.54, 1.807) is 4.90 Å². The Labute approximate surface area is 354 Å². The van der Waals surface area contributed by atoms with Crippen molar-refractivity contribution >= 4 is 40.7 Å². The predicted molar refractivity (Wildman–Crippen MR) is 233 cm³/mol. The van der Waals surface area contributed by atoms with Gasteiger partial charge < -0.3 is 45.6 Å². The zero-order valence-electron chi connectivity index (χ0n) is 33.8. The van der Waals surface area contributed by atoms with Crippen LogP contribution in [0.5, 0.6) is 0 Å². The van der Waals surface area contributed by atoms with E-state index in [0.29, 0.717) is 32.2 Å². The number of fused-ring (bicyclic) bond motifs is 4. The van der Waals surface area contributed by atoms with E-state index in [4.69, 9.17) is 27.9 Å². The van der Waals surface area contributed by atoms with Crippen molar-refractivity contribution in [1.29, 1.82) is 0 Å². The van der Waals surface area contributed by atoms with Crippen LogP contribution in [0.15, 0.2) is 66.7 Å². The third-order valence-corrected chi connectivity index (χ3v) is 14.8. The van der Waals surface area contributed by atoms with Gasteiger partial charge in [0.05, 0.1) is 12.2 Å². The number of benzene rings is 3. The summed E-state index contributed by atoms with van der Waals surface area (Å²) in [6, 6.07) is 22.2. The number of hydrogen-bond donors (Lipinski definition) is 5. The van der Waals surface area contributed by atoms with Crippen molar-refractivity contribution in [2.75, 3.05) is 89.2 Å². The quantitative estimate of drug-likeness (QED) is 0.165. The maximum Gasteiger partial charge on any atom is 0.410 e. The van der Waals surface area contributed by atoms with Crippen molar-refractivity contribution < 1.29 is 19.7 Å². The zero-order valence-corrected chi connectivity index (χ0v) is 35.3. The van der Waals surface area contributed by atoms with Crippen LogP contribution in [-0.2, 0) is 22.2 Å². The minimum atomic E-state index is -0.357. The molecule has 1 amide bonds. The average Bonchev–Trinajstić information content (AvgIpc) is 3.79. The molecule has 6 aliphatic rings. The van der Waals surface area contributed by atoms with Crippen LogP contribution >= 0.6 is 23.2 Å². The lowest BCUT2D eigenvalue weighted by atomic mass is 9.74. The van der Waals surface area contributed by atoms with Gasteiger partial charge in [0, 0.05) is 71.5 Å². The number of carbonyl (C=O) groups excluding carboxylic acids is 1. The van der Waals surface area contributed by atoms with Crippen molar-refractivity contribution in [3.8, 4) is 0 Å². The molecule has 0 saturated carbocycles. The van der Waals surface area contributed by atoms with Crippen LogP contribution in [0, 0.1) is 11.8 Å². The van der Waals surface area contributed by atoms with E-state index in [1.165, 1.54) is 22.5 Å². The molecule has 4 fully saturated rings. The summed E-state index contributed by atoms with van der Waals surface area (Å²) < 4.78 is 5.47. The van der Waals surface area contributed by atoms with E-state index in [1.807, 2.05) is 48.5 Å². The van der Waals surface area contributed by atoms with Crippen molar-refractivity contribution in [2.24, 2.45) is 11.8 Å². The Kier molecular flexibility index (Phi) is 13.4. The van der Waals surface area contributed by atoms with Gasteiger partial charge in [0.15, 0.2) is 0 Å². The standard InChI is InChI=1S/C27H34ClN3O3.C19H28ClN3O/c28-22-6-7-23-24(16-22)29-19-27(23)10-14-30(15-11-27)17-25(32)21-8-12-31(13-9-21)26(33)34-18-20-4-2-1-3-5-20;20-15-1-2-16-17(11-15)22-13-19(16)5-9-23(10-6-19)12-18(24)14-3-7-21-8-4-14/h1-7,16,21,25,29,32H,8-15,17-19H2;1-2,11,14,18,21-22,24H,3-10,12-13H2/t25-;18-/m11/s1. The number of rotatable bonds is 8. The largest absolute Gasteiger partial charge is 0.445 e. The zero-order chi connectivity index (χ0) is 40.1. The van der Waals surface area contributed by atoms with Gasteiger partial charge >= 0.3 is 6.09 Å². The molecule has 6 aliphatic heterocycles. The van der Waals surface area contributed by atoms with Crippen LogP contribution < -0.4 is 16.0 Å². The molecular weight excluding hydrogens is 771 g/mol. The first kappa shape index (κ1) is 41.6. The summed E-state index contributed by atoms with van der Waals surface area (Å²) >= 11 is 12.3. The molecule has 5 N–H and O–H groups in total. The highest BCUT2D eigenvalue weighted by Gasteiger charge is 2.43. The number of anilines is 2. The van der Waals surface area contributed by atoms with Gasteiger partial charge in [-0.15, -0.1) is 0 Å². The molecule has 3 aromatic rings. The van der Waals surface area contributed by atoms with Crippen LogP contribution in [0.25, 0.3) is 0 Å². The number of ether oxygens (including phenoxy) is 1. The van der Waals surface area contributed by atoms with Crippen LogP contribution in [0.1, 0.15) is 68.1 Å². The lowest BCUT2D eigenvalue weighted by molar-refractivity contribution is 0.0179. The number of aliphatic hydroxyl groups is 2. The molecular formula is C46H62Cl2N6O4. The van der Waals surface area contributed by atoms with Crippen molar-refractivity contribution in [1.82, 2.24) is 20.0 Å². The predicted octanol–water partition coefficient (Wildman–Crippen LogP) is 6.97. The summed E-state index contributed by atoms with van der Waals surface area (Å²) in [5.74, 6) is 0.697. The van der Waals surface area contributed by atoms with Gasteiger partial charge in [-0.25, -0.2) is 4.79 Å². The number of piperidine rings is 4. The summed E-state index contributed by atoms with van der Waals surface area (Å²) in [5, 5.41) is 33.6. The number of halogens is 2. The summed E-state index contributed by atoms with van der Waals surface area (Å²) in [6.45, 7) is 11.4. The third kappa shape index (κ3) is 9.59. The van der Waals surface area contributed by atoms with Crippen LogP contribution in [0.3, 0.4) is 0 Å². The minimum absolute atomic E-state index is 0.172. The molecule has 0 aromatic heterocycles. The lowest BCUT2D eigenvalue weighted by Gasteiger charge is -2.41. The molecule has 6 heterocycles. The van der Waals surface area contributed by atoms with E-state index in [-0.39, 0.29) is 35.0 Å². The minimum Gasteiger partial charge on any atom is -0.445 e. The van der Waals surface area contributed by atoms with E-state index in [0.717, 1.165) is 126 Å². The normalized spacial score (nSPS) is 22.9. The molecule has 10 nitrogen and oxygen atoms in total. The van der Waals surface area contributed by atoms with Crippen LogP contribution in [-0.4, -0.2) is 122 Å². The highest BCUT2D eigenvalue weighted by Crippen LogP contribution is 2.46. The number of amides is 1. The Morgan fingerprint density at radius 1 is 0.690 bits per heavy atom. The second kappa shape index (κ2) is 18.7. The van der Waals surface area contributed by atoms with Gasteiger partial charge in [-0.3, -0.25) is 0 Å². The van der Waals surface area contributed by atoms with Crippen LogP contribution in [0.4, 0.5) is 16.2 Å². The Morgan fingerprint density at radius 2 is 1.17 bits per heavy atom. The summed E-state index contributed by atoms with van der Waals surface area (Å²) in [4.78, 5) is 19.1. The molecule has 0 bridgehead atoms. The lowest BCUT2D eigenvalue weighted by Crippen LogP contribution is -2.48. The molecule has 4 saturated heterocycles. The van der Waals surface area contributed by atoms with Gasteiger partial charge in [-0.1, -0.05) is 65.7 Å². The van der Waals surface area contributed by atoms with E-state index in [9.17, 15) is 15.0 Å². The summed E-state index contributed by atoms with van der Waals surface area (Å²) in [7, 11) is 0. The monoisotopic (exact) mass is 832 g/mol. The number of nitrogens with zero attached hydrogens (tertiary/aromatic N) is 3. The fraction of sp³-hybridized carbons (Fsp3) is 0.587. The second-order valence-corrected chi connectivity index (χ2v) is 18.7. The maximum absolute atomic E-state index is 12.4. The van der Waals surface area contributed by atoms with Crippen molar-refractivity contribution in [3.63, 3.8) is 0 Å². The van der Waals surface area contributed by atoms with E-state index in [2.05, 4.69) is 43.9 Å². The SMILES string of the molecule is O=C(OCc1ccccc1)N1CCC([C@H](O)CN2CCC3(CC2)CNc2cc(Cl)ccc23)CC1.O[C@H](CN1CCC2(CC1)CNc1cc(Cl)ccc12)C1CCNCC1. The first-order chi connectivity index (χ1) is 28.2. The molecule has 2 atom stereocenters. The number of likely N-dealkylation sites (tertiary alicyclic amines) is 3. The molecule has 0 aliphatic carbocycles. The van der Waals surface area contributed by atoms with Crippen LogP contribution in [0.2, 0.25) is 10.0 Å². The molecule has 2 spiro atoms. The molecule has 3 aromatic carbocycles. The Bertz CT molecular complexity index is 1820. The van der Waals surface area contributed by atoms with Gasteiger partial charge in [0.2, 0.25) is 0 Å². The van der Waals surface area contributed by atoms with E-state index >= 15 is 0 Å². The number of β-amino-alcohol motifs (C(OH)–C–C–N with tert-alkyl or cyclic N) is 2. The maximum atomic E-state index is 12.4. The van der Waals surface area contributed by atoms with Gasteiger partial charge in [-0.05, 0) is 143 Å². The number of carbonyl (C=O) groups is 1. The van der Waals surface area contributed by atoms with E-state index < -0.39 is 0 Å². The number of hydrogen-bond acceptors (Lipinski definition) is 9. The molecule has 314 valence electrons. The fourth-order valence-electron chi connectivity index (χ4n) is 10.5. The number of nitrogens with one attached hydrogen (secondary N) is 3. The first-order valence-corrected chi connectivity index (χ1v) is 22.5. The molecule has 58 heavy (non-hydrogen) atoms. The van der Waals surface area contributed by atoms with Gasteiger partial charge in [0.25, 0.3) is 0 Å². The summed E-state index contributed by atoms with van der Waals surface area (Å²) in [6.07, 6.45) is 7.56. The summed E-state index contributed by atoms with van der Waals surface area (Å²) in [5.41, 5.74) is 6.66. The second-order valence-electron chi connectivity index (χ2n) is 17.8.